The number of hydrogen-bond acceptors (Lipinski definition) is 2. The molecule has 1 saturated heterocycles. The zero-order valence-electron chi connectivity index (χ0n) is 13.7. The molecule has 1 N–H and O–H groups in total. The van der Waals surface area contributed by atoms with Crippen molar-refractivity contribution in [2.75, 3.05) is 19.9 Å². The van der Waals surface area contributed by atoms with E-state index in [1.807, 2.05) is 65.3 Å². The number of rotatable bonds is 4. The van der Waals surface area contributed by atoms with Crippen molar-refractivity contribution in [3.8, 4) is 0 Å². The molecule has 1 unspecified atom stereocenters. The van der Waals surface area contributed by atoms with E-state index >= 15 is 0 Å². The molecule has 2 aromatic rings. The first-order chi connectivity index (χ1) is 10.9. The molecule has 0 bridgehead atoms. The lowest BCUT2D eigenvalue weighted by Gasteiger charge is -2.41. The van der Waals surface area contributed by atoms with E-state index < -0.39 is 12.9 Å². The maximum Gasteiger partial charge on any atom is 0.144 e. The van der Waals surface area contributed by atoms with Crippen molar-refractivity contribution in [3.63, 3.8) is 0 Å². The van der Waals surface area contributed by atoms with Crippen LogP contribution < -0.4 is 0 Å². The second-order valence-corrected chi connectivity index (χ2v) is 9.72. The van der Waals surface area contributed by atoms with Crippen LogP contribution in [0.1, 0.15) is 24.0 Å². The summed E-state index contributed by atoms with van der Waals surface area (Å²) in [5, 5.41) is 11.8. The van der Waals surface area contributed by atoms with Crippen LogP contribution in [0, 0.1) is 0 Å². The van der Waals surface area contributed by atoms with Crippen molar-refractivity contribution in [3.05, 3.63) is 71.8 Å². The van der Waals surface area contributed by atoms with Crippen LogP contribution in [0.5, 0.6) is 0 Å². The quantitative estimate of drug-likeness (QED) is 0.864. The summed E-state index contributed by atoms with van der Waals surface area (Å²) < 4.78 is 14.8. The predicted molar refractivity (Wildman–Crippen MR) is 95.1 cm³/mol. The van der Waals surface area contributed by atoms with Crippen LogP contribution in [0.4, 0.5) is 0 Å². The Bertz CT molecular complexity index is 656. The molecule has 2 aromatic carbocycles. The first-order valence-electron chi connectivity index (χ1n) is 8.09. The SMILES string of the molecule is CP(C)(=O)N1CCCC1C(O)(c1ccccc1)c1ccccc1. The fraction of sp³-hybridized carbons (Fsp3) is 0.368. The summed E-state index contributed by atoms with van der Waals surface area (Å²) in [7, 11) is -2.43. The molecule has 0 aromatic heterocycles. The van der Waals surface area contributed by atoms with Gasteiger partial charge in [0.2, 0.25) is 0 Å². The van der Waals surface area contributed by atoms with Gasteiger partial charge in [0.1, 0.15) is 12.9 Å². The standard InChI is InChI=1S/C19H24NO2P/c1-23(2,22)20-15-9-14-18(20)19(21,16-10-5-3-6-11-16)17-12-7-4-8-13-17/h3-8,10-13,18,21H,9,14-15H2,1-2H3. The second kappa shape index (κ2) is 6.24. The van der Waals surface area contributed by atoms with Gasteiger partial charge in [0.15, 0.2) is 0 Å². The Hall–Kier alpha value is -1.41. The number of nitrogens with zero attached hydrogens (tertiary/aromatic N) is 1. The fourth-order valence-corrected chi connectivity index (χ4v) is 5.27. The summed E-state index contributed by atoms with van der Waals surface area (Å²) >= 11 is 0. The average Bonchev–Trinajstić information content (AvgIpc) is 3.06. The van der Waals surface area contributed by atoms with Crippen molar-refractivity contribution in [1.82, 2.24) is 4.67 Å². The zero-order chi connectivity index (χ0) is 16.5. The van der Waals surface area contributed by atoms with Gasteiger partial charge < -0.3 is 9.67 Å². The van der Waals surface area contributed by atoms with Gasteiger partial charge in [0.25, 0.3) is 0 Å². The van der Waals surface area contributed by atoms with Gasteiger partial charge in [-0.15, -0.1) is 0 Å². The largest absolute Gasteiger partial charge is 0.379 e. The highest BCUT2D eigenvalue weighted by Crippen LogP contribution is 2.52. The molecule has 1 aliphatic rings. The molecule has 1 fully saturated rings. The maximum atomic E-state index is 12.8. The van der Waals surface area contributed by atoms with Crippen molar-refractivity contribution >= 4 is 7.29 Å². The Labute approximate surface area is 138 Å². The molecule has 4 heteroatoms. The van der Waals surface area contributed by atoms with Gasteiger partial charge in [-0.2, -0.15) is 0 Å². The van der Waals surface area contributed by atoms with Crippen LogP contribution in [0.15, 0.2) is 60.7 Å². The van der Waals surface area contributed by atoms with Crippen LogP contribution in [-0.2, 0) is 10.2 Å². The van der Waals surface area contributed by atoms with Gasteiger partial charge in [0.05, 0.1) is 6.04 Å². The van der Waals surface area contributed by atoms with Crippen LogP contribution >= 0.6 is 7.29 Å². The first kappa shape index (κ1) is 16.4. The third-order valence-corrected chi connectivity index (χ3v) is 6.47. The maximum absolute atomic E-state index is 12.8. The molecule has 1 atom stereocenters. The fourth-order valence-electron chi connectivity index (χ4n) is 3.69. The predicted octanol–water partition coefficient (Wildman–Crippen LogP) is 3.92. The molecule has 0 saturated carbocycles. The van der Waals surface area contributed by atoms with Gasteiger partial charge in [0, 0.05) is 19.9 Å². The van der Waals surface area contributed by atoms with E-state index in [1.54, 1.807) is 13.3 Å². The lowest BCUT2D eigenvalue weighted by Crippen LogP contribution is -2.47. The van der Waals surface area contributed by atoms with Gasteiger partial charge in [-0.1, -0.05) is 60.7 Å². The molecule has 122 valence electrons. The molecular weight excluding hydrogens is 305 g/mol. The normalized spacial score (nSPS) is 19.9. The van der Waals surface area contributed by atoms with Crippen LogP contribution in [0.25, 0.3) is 0 Å². The van der Waals surface area contributed by atoms with Crippen LogP contribution in [-0.4, -0.2) is 35.7 Å². The van der Waals surface area contributed by atoms with E-state index in [0.29, 0.717) is 0 Å². The smallest absolute Gasteiger partial charge is 0.144 e. The summed E-state index contributed by atoms with van der Waals surface area (Å²) in [5.41, 5.74) is 0.564. The summed E-state index contributed by atoms with van der Waals surface area (Å²) in [6.07, 6.45) is 1.80. The molecular formula is C19H24NO2P. The number of hydrogen-bond donors (Lipinski definition) is 1. The van der Waals surface area contributed by atoms with Crippen molar-refractivity contribution < 1.29 is 9.67 Å². The van der Waals surface area contributed by atoms with Gasteiger partial charge in [-0.3, -0.25) is 0 Å². The minimum absolute atomic E-state index is 0.173. The monoisotopic (exact) mass is 329 g/mol. The van der Waals surface area contributed by atoms with Gasteiger partial charge in [-0.25, -0.2) is 4.67 Å². The van der Waals surface area contributed by atoms with Crippen molar-refractivity contribution in [1.29, 1.82) is 0 Å². The first-order valence-corrected chi connectivity index (χ1v) is 10.6. The van der Waals surface area contributed by atoms with E-state index in [1.165, 1.54) is 0 Å². The molecule has 0 radical (unpaired) electrons. The zero-order valence-corrected chi connectivity index (χ0v) is 14.6. The Morgan fingerprint density at radius 1 is 1.00 bits per heavy atom. The molecule has 1 heterocycles. The molecule has 23 heavy (non-hydrogen) atoms. The lowest BCUT2D eigenvalue weighted by molar-refractivity contribution is 0.0201. The number of aliphatic hydroxyl groups is 1. The lowest BCUT2D eigenvalue weighted by atomic mass is 9.79. The molecule has 3 rings (SSSR count). The highest BCUT2D eigenvalue weighted by molar-refractivity contribution is 7.59. The van der Waals surface area contributed by atoms with E-state index in [-0.39, 0.29) is 6.04 Å². The van der Waals surface area contributed by atoms with E-state index in [4.69, 9.17) is 0 Å². The Balaban J connectivity index is 2.15. The Morgan fingerprint density at radius 3 is 1.91 bits per heavy atom. The van der Waals surface area contributed by atoms with E-state index in [2.05, 4.69) is 0 Å². The molecule has 0 aliphatic carbocycles. The highest BCUT2D eigenvalue weighted by atomic mass is 31.2. The molecule has 0 amide bonds. The molecule has 0 spiro atoms. The summed E-state index contributed by atoms with van der Waals surface area (Å²) in [6, 6.07) is 19.3. The Kier molecular flexibility index (Phi) is 4.46. The van der Waals surface area contributed by atoms with E-state index in [9.17, 15) is 9.67 Å². The molecule has 3 nitrogen and oxygen atoms in total. The topological polar surface area (TPSA) is 40.5 Å². The van der Waals surface area contributed by atoms with Gasteiger partial charge >= 0.3 is 0 Å². The summed E-state index contributed by atoms with van der Waals surface area (Å²) in [6.45, 7) is 4.36. The van der Waals surface area contributed by atoms with Crippen LogP contribution in [0.2, 0.25) is 0 Å². The van der Waals surface area contributed by atoms with Crippen LogP contribution in [0.3, 0.4) is 0 Å². The third kappa shape index (κ3) is 3.01. The summed E-state index contributed by atoms with van der Waals surface area (Å²) in [5.74, 6) is 0. The third-order valence-electron chi connectivity index (χ3n) is 4.75. The highest BCUT2D eigenvalue weighted by Gasteiger charge is 2.48. The summed E-state index contributed by atoms with van der Waals surface area (Å²) in [4.78, 5) is 0. The Morgan fingerprint density at radius 2 is 1.48 bits per heavy atom. The van der Waals surface area contributed by atoms with Gasteiger partial charge in [-0.05, 0) is 24.0 Å². The van der Waals surface area contributed by atoms with Crippen molar-refractivity contribution in [2.45, 2.75) is 24.5 Å². The average molecular weight is 329 g/mol. The molecule has 1 aliphatic heterocycles. The minimum atomic E-state index is -2.43. The van der Waals surface area contributed by atoms with E-state index in [0.717, 1.165) is 30.5 Å². The minimum Gasteiger partial charge on any atom is -0.379 e. The number of benzene rings is 2. The van der Waals surface area contributed by atoms with Crippen molar-refractivity contribution in [2.24, 2.45) is 0 Å². The second-order valence-electron chi connectivity index (χ2n) is 6.61.